The van der Waals surface area contributed by atoms with Gasteiger partial charge < -0.3 is 18.9 Å². The highest BCUT2D eigenvalue weighted by molar-refractivity contribution is 6.31. The summed E-state index contributed by atoms with van der Waals surface area (Å²) in [6.07, 6.45) is 0. The summed E-state index contributed by atoms with van der Waals surface area (Å²) in [5.41, 5.74) is 2.15. The number of halogens is 1. The Morgan fingerprint density at radius 2 is 1.79 bits per heavy atom. The Morgan fingerprint density at radius 1 is 1.07 bits per heavy atom. The molecule has 0 amide bonds. The third-order valence-corrected chi connectivity index (χ3v) is 4.89. The molecule has 6 nitrogen and oxygen atoms in total. The predicted molar refractivity (Wildman–Crippen MR) is 108 cm³/mol. The van der Waals surface area contributed by atoms with E-state index in [9.17, 15) is 9.59 Å². The van der Waals surface area contributed by atoms with Crippen molar-refractivity contribution < 1.29 is 28.5 Å². The van der Waals surface area contributed by atoms with Gasteiger partial charge in [0.15, 0.2) is 30.5 Å². The third-order valence-electron chi connectivity index (χ3n) is 4.49. The number of Topliss-reactive ketones (excluding diaryl/α,β-unsaturated/α-hetero) is 1. The van der Waals surface area contributed by atoms with Crippen LogP contribution in [0.1, 0.15) is 41.3 Å². The molecule has 3 rings (SSSR count). The molecule has 0 radical (unpaired) electrons. The van der Waals surface area contributed by atoms with E-state index in [0.29, 0.717) is 41.0 Å². The summed E-state index contributed by atoms with van der Waals surface area (Å²) in [6.45, 7) is 6.12. The first-order valence-corrected chi connectivity index (χ1v) is 9.74. The number of benzene rings is 2. The van der Waals surface area contributed by atoms with E-state index in [1.807, 2.05) is 26.8 Å². The number of aryl methyl sites for hydroxylation is 1. The van der Waals surface area contributed by atoms with Crippen LogP contribution >= 0.6 is 11.6 Å². The minimum Gasteiger partial charge on any atom is -0.486 e. The quantitative estimate of drug-likeness (QED) is 0.491. The summed E-state index contributed by atoms with van der Waals surface area (Å²) in [5.74, 6) is 0.903. The van der Waals surface area contributed by atoms with Crippen molar-refractivity contribution in [3.63, 3.8) is 0 Å². The second kappa shape index (κ2) is 9.18. The maximum Gasteiger partial charge on any atom is 0.344 e. The molecule has 0 aromatic heterocycles. The molecule has 0 saturated heterocycles. The van der Waals surface area contributed by atoms with Crippen LogP contribution in [0.4, 0.5) is 0 Å². The van der Waals surface area contributed by atoms with Crippen molar-refractivity contribution in [3.8, 4) is 17.2 Å². The molecule has 29 heavy (non-hydrogen) atoms. The molecule has 0 saturated carbocycles. The summed E-state index contributed by atoms with van der Waals surface area (Å²) in [7, 11) is 0. The number of hydrogen-bond acceptors (Lipinski definition) is 6. The highest BCUT2D eigenvalue weighted by Crippen LogP contribution is 2.32. The largest absolute Gasteiger partial charge is 0.486 e. The zero-order valence-electron chi connectivity index (χ0n) is 16.6. The Morgan fingerprint density at radius 3 is 2.52 bits per heavy atom. The minimum atomic E-state index is -0.627. The molecule has 2 aromatic rings. The number of ketones is 1. The molecule has 0 N–H and O–H groups in total. The Labute approximate surface area is 174 Å². The lowest BCUT2D eigenvalue weighted by molar-refractivity contribution is -0.144. The highest BCUT2D eigenvalue weighted by Gasteiger charge is 2.17. The topological polar surface area (TPSA) is 71.1 Å². The molecule has 2 aromatic carbocycles. The van der Waals surface area contributed by atoms with Gasteiger partial charge >= 0.3 is 5.97 Å². The Hall–Kier alpha value is -2.73. The van der Waals surface area contributed by atoms with Crippen molar-refractivity contribution in [2.24, 2.45) is 0 Å². The molecule has 7 heteroatoms. The summed E-state index contributed by atoms with van der Waals surface area (Å²) >= 11 is 6.18. The van der Waals surface area contributed by atoms with Gasteiger partial charge in [-0.25, -0.2) is 4.79 Å². The Kier molecular flexibility index (Phi) is 6.64. The van der Waals surface area contributed by atoms with Crippen LogP contribution in [0.2, 0.25) is 5.02 Å². The molecule has 154 valence electrons. The normalized spacial score (nSPS) is 12.6. The lowest BCUT2D eigenvalue weighted by Gasteiger charge is -2.18. The predicted octanol–water partition coefficient (Wildman–Crippen LogP) is 4.35. The number of ether oxygens (including phenoxy) is 4. The van der Waals surface area contributed by atoms with Gasteiger partial charge in [-0.05, 0) is 54.3 Å². The standard InChI is InChI=1S/C22H23ClO6/c1-13(2)16-10-17(23)14(3)8-20(16)28-12-22(25)29-11-18(24)15-4-5-19-21(9-15)27-7-6-26-19/h4-5,8-10,13H,6-7,11-12H2,1-3H3. The molecule has 0 unspecified atom stereocenters. The average molecular weight is 419 g/mol. The molecule has 0 fully saturated rings. The van der Waals surface area contributed by atoms with Crippen molar-refractivity contribution in [1.82, 2.24) is 0 Å². The van der Waals surface area contributed by atoms with Crippen LogP contribution in [-0.4, -0.2) is 38.2 Å². The van der Waals surface area contributed by atoms with E-state index in [1.165, 1.54) is 0 Å². The van der Waals surface area contributed by atoms with E-state index in [1.54, 1.807) is 24.3 Å². The zero-order valence-corrected chi connectivity index (χ0v) is 17.4. The fraction of sp³-hybridized carbons (Fsp3) is 0.364. The molecular weight excluding hydrogens is 396 g/mol. The molecule has 1 heterocycles. The monoisotopic (exact) mass is 418 g/mol. The van der Waals surface area contributed by atoms with Gasteiger partial charge in [0.2, 0.25) is 0 Å². The second-order valence-electron chi connectivity index (χ2n) is 7.02. The van der Waals surface area contributed by atoms with Crippen molar-refractivity contribution >= 4 is 23.4 Å². The number of hydrogen-bond donors (Lipinski definition) is 0. The van der Waals surface area contributed by atoms with Gasteiger partial charge in [-0.1, -0.05) is 25.4 Å². The van der Waals surface area contributed by atoms with E-state index in [-0.39, 0.29) is 24.9 Å². The lowest BCUT2D eigenvalue weighted by atomic mass is 10.0. The van der Waals surface area contributed by atoms with Gasteiger partial charge in [0, 0.05) is 10.6 Å². The molecule has 1 aliphatic heterocycles. The van der Waals surface area contributed by atoms with Crippen LogP contribution in [0.5, 0.6) is 17.2 Å². The van der Waals surface area contributed by atoms with Crippen molar-refractivity contribution in [2.75, 3.05) is 26.4 Å². The maximum atomic E-state index is 12.3. The van der Waals surface area contributed by atoms with Gasteiger partial charge in [0.05, 0.1) is 0 Å². The second-order valence-corrected chi connectivity index (χ2v) is 7.43. The van der Waals surface area contributed by atoms with Gasteiger partial charge in [-0.2, -0.15) is 0 Å². The van der Waals surface area contributed by atoms with E-state index >= 15 is 0 Å². The number of esters is 1. The van der Waals surface area contributed by atoms with Crippen molar-refractivity contribution in [1.29, 1.82) is 0 Å². The van der Waals surface area contributed by atoms with Crippen LogP contribution in [0, 0.1) is 6.92 Å². The lowest BCUT2D eigenvalue weighted by Crippen LogP contribution is -2.20. The third kappa shape index (κ3) is 5.21. The van der Waals surface area contributed by atoms with Gasteiger partial charge in [0.1, 0.15) is 19.0 Å². The molecule has 0 aliphatic carbocycles. The summed E-state index contributed by atoms with van der Waals surface area (Å²) in [4.78, 5) is 24.4. The van der Waals surface area contributed by atoms with Crippen LogP contribution in [0.15, 0.2) is 30.3 Å². The maximum absolute atomic E-state index is 12.3. The summed E-state index contributed by atoms with van der Waals surface area (Å²) in [5, 5.41) is 0.647. The fourth-order valence-electron chi connectivity index (χ4n) is 2.87. The Bertz CT molecular complexity index is 922. The Balaban J connectivity index is 1.55. The van der Waals surface area contributed by atoms with Crippen molar-refractivity contribution in [2.45, 2.75) is 26.7 Å². The molecule has 0 atom stereocenters. The first-order chi connectivity index (χ1) is 13.8. The van der Waals surface area contributed by atoms with Crippen molar-refractivity contribution in [3.05, 3.63) is 52.0 Å². The number of fused-ring (bicyclic) bond motifs is 1. The van der Waals surface area contributed by atoms with Gasteiger partial charge in [0.25, 0.3) is 0 Å². The first kappa shape index (κ1) is 21.0. The fourth-order valence-corrected chi connectivity index (χ4v) is 3.04. The van der Waals surface area contributed by atoms with E-state index in [2.05, 4.69) is 0 Å². The van der Waals surface area contributed by atoms with Crippen LogP contribution in [0.25, 0.3) is 0 Å². The van der Waals surface area contributed by atoms with Gasteiger partial charge in [-0.15, -0.1) is 0 Å². The minimum absolute atomic E-state index is 0.177. The summed E-state index contributed by atoms with van der Waals surface area (Å²) in [6, 6.07) is 8.51. The molecule has 0 spiro atoms. The molecule has 1 aliphatic rings. The van der Waals surface area contributed by atoms with Crippen LogP contribution in [-0.2, 0) is 9.53 Å². The van der Waals surface area contributed by atoms with E-state index < -0.39 is 5.97 Å². The first-order valence-electron chi connectivity index (χ1n) is 9.36. The van der Waals surface area contributed by atoms with E-state index in [4.69, 9.17) is 30.5 Å². The average Bonchev–Trinajstić information content (AvgIpc) is 2.71. The number of carbonyl (C=O) groups is 2. The molecular formula is C22H23ClO6. The van der Waals surface area contributed by atoms with E-state index in [0.717, 1.165) is 11.1 Å². The zero-order chi connectivity index (χ0) is 21.0. The number of rotatable bonds is 7. The molecule has 0 bridgehead atoms. The number of carbonyl (C=O) groups excluding carboxylic acids is 2. The van der Waals surface area contributed by atoms with Gasteiger partial charge in [-0.3, -0.25) is 4.79 Å². The van der Waals surface area contributed by atoms with Crippen LogP contribution < -0.4 is 14.2 Å². The van der Waals surface area contributed by atoms with Crippen LogP contribution in [0.3, 0.4) is 0 Å². The highest BCUT2D eigenvalue weighted by atomic mass is 35.5. The SMILES string of the molecule is Cc1cc(OCC(=O)OCC(=O)c2ccc3c(c2)OCCO3)c(C(C)C)cc1Cl. The summed E-state index contributed by atoms with van der Waals surface area (Å²) < 4.78 is 21.6. The smallest absolute Gasteiger partial charge is 0.344 e.